The van der Waals surface area contributed by atoms with Crippen molar-refractivity contribution in [3.05, 3.63) is 35.4 Å². The van der Waals surface area contributed by atoms with Gasteiger partial charge in [0.1, 0.15) is 0 Å². The lowest BCUT2D eigenvalue weighted by Crippen LogP contribution is -2.16. The van der Waals surface area contributed by atoms with Crippen LogP contribution in [0.15, 0.2) is 24.3 Å². The van der Waals surface area contributed by atoms with Gasteiger partial charge < -0.3 is 9.64 Å². The van der Waals surface area contributed by atoms with Gasteiger partial charge >= 0.3 is 5.97 Å². The lowest BCUT2D eigenvalue weighted by atomic mass is 10.1. The van der Waals surface area contributed by atoms with Gasteiger partial charge in [0.05, 0.1) is 12.2 Å². The molecular formula is C13H19NO2. The Bertz CT molecular complexity index is 343. The van der Waals surface area contributed by atoms with E-state index in [0.29, 0.717) is 18.2 Å². The van der Waals surface area contributed by atoms with Gasteiger partial charge in [0, 0.05) is 6.04 Å². The van der Waals surface area contributed by atoms with E-state index in [1.165, 1.54) is 5.56 Å². The summed E-state index contributed by atoms with van der Waals surface area (Å²) in [6, 6.07) is 7.91. The predicted molar refractivity (Wildman–Crippen MR) is 64.5 cm³/mol. The fraction of sp³-hybridized carbons (Fsp3) is 0.462. The summed E-state index contributed by atoms with van der Waals surface area (Å²) in [7, 11) is 4.06. The Balaban J connectivity index is 2.79. The zero-order valence-electron chi connectivity index (χ0n) is 10.4. The largest absolute Gasteiger partial charge is 0.462 e. The molecule has 1 rings (SSSR count). The first-order chi connectivity index (χ1) is 7.56. The summed E-state index contributed by atoms with van der Waals surface area (Å²) in [5.74, 6) is -0.258. The van der Waals surface area contributed by atoms with Crippen molar-refractivity contribution in [3.63, 3.8) is 0 Å². The molecule has 0 aliphatic carbocycles. The Morgan fingerprint density at radius 1 is 1.31 bits per heavy atom. The van der Waals surface area contributed by atoms with Crippen LogP contribution in [0.3, 0.4) is 0 Å². The molecule has 0 saturated carbocycles. The van der Waals surface area contributed by atoms with E-state index in [-0.39, 0.29) is 5.97 Å². The molecule has 0 aliphatic heterocycles. The molecule has 16 heavy (non-hydrogen) atoms. The van der Waals surface area contributed by atoms with Gasteiger partial charge in [-0.15, -0.1) is 0 Å². The van der Waals surface area contributed by atoms with Crippen molar-refractivity contribution >= 4 is 5.97 Å². The van der Waals surface area contributed by atoms with Gasteiger partial charge in [-0.05, 0) is 45.6 Å². The molecule has 0 saturated heterocycles. The van der Waals surface area contributed by atoms with E-state index in [1.807, 2.05) is 38.4 Å². The molecule has 1 aromatic carbocycles. The van der Waals surface area contributed by atoms with Gasteiger partial charge in [-0.1, -0.05) is 12.1 Å². The van der Waals surface area contributed by atoms with Crippen LogP contribution in [-0.2, 0) is 4.74 Å². The van der Waals surface area contributed by atoms with Crippen molar-refractivity contribution in [2.45, 2.75) is 19.9 Å². The second-order valence-electron chi connectivity index (χ2n) is 3.98. The van der Waals surface area contributed by atoms with E-state index in [9.17, 15) is 4.79 Å². The van der Waals surface area contributed by atoms with Crippen LogP contribution in [0.1, 0.15) is 35.8 Å². The summed E-state index contributed by atoms with van der Waals surface area (Å²) in [5.41, 5.74) is 1.80. The minimum atomic E-state index is -0.258. The quantitative estimate of drug-likeness (QED) is 0.731. The van der Waals surface area contributed by atoms with Crippen LogP contribution in [-0.4, -0.2) is 31.6 Å². The van der Waals surface area contributed by atoms with E-state index in [1.54, 1.807) is 6.92 Å². The molecule has 1 atom stereocenters. The van der Waals surface area contributed by atoms with E-state index in [2.05, 4.69) is 11.8 Å². The Morgan fingerprint density at radius 2 is 1.88 bits per heavy atom. The number of rotatable bonds is 4. The van der Waals surface area contributed by atoms with Crippen LogP contribution >= 0.6 is 0 Å². The number of hydrogen-bond donors (Lipinski definition) is 0. The molecule has 0 heterocycles. The van der Waals surface area contributed by atoms with E-state index >= 15 is 0 Å². The molecule has 88 valence electrons. The fourth-order valence-electron chi connectivity index (χ4n) is 1.41. The highest BCUT2D eigenvalue weighted by atomic mass is 16.5. The molecule has 3 nitrogen and oxygen atoms in total. The normalized spacial score (nSPS) is 12.6. The topological polar surface area (TPSA) is 29.5 Å². The summed E-state index contributed by atoms with van der Waals surface area (Å²) in [6.45, 7) is 4.34. The summed E-state index contributed by atoms with van der Waals surface area (Å²) in [6.07, 6.45) is 0. The maximum absolute atomic E-state index is 11.4. The molecule has 0 spiro atoms. The fourth-order valence-corrected chi connectivity index (χ4v) is 1.41. The molecule has 0 aromatic heterocycles. The third-order valence-electron chi connectivity index (χ3n) is 2.68. The second-order valence-corrected chi connectivity index (χ2v) is 3.98. The van der Waals surface area contributed by atoms with Crippen molar-refractivity contribution in [2.75, 3.05) is 20.7 Å². The van der Waals surface area contributed by atoms with Gasteiger partial charge in [0.2, 0.25) is 0 Å². The predicted octanol–water partition coefficient (Wildman–Crippen LogP) is 2.49. The number of hydrogen-bond acceptors (Lipinski definition) is 3. The molecule has 0 fully saturated rings. The van der Waals surface area contributed by atoms with E-state index in [4.69, 9.17) is 4.74 Å². The summed E-state index contributed by atoms with van der Waals surface area (Å²) in [5, 5.41) is 0. The number of ether oxygens (including phenoxy) is 1. The van der Waals surface area contributed by atoms with Crippen LogP contribution in [0.25, 0.3) is 0 Å². The third-order valence-corrected chi connectivity index (χ3v) is 2.68. The Labute approximate surface area is 97.0 Å². The maximum Gasteiger partial charge on any atom is 0.338 e. The van der Waals surface area contributed by atoms with E-state index < -0.39 is 0 Å². The first-order valence-corrected chi connectivity index (χ1v) is 5.49. The summed E-state index contributed by atoms with van der Waals surface area (Å²) >= 11 is 0. The third kappa shape index (κ3) is 3.07. The average Bonchev–Trinajstić information content (AvgIpc) is 2.28. The molecule has 1 unspecified atom stereocenters. The molecular weight excluding hydrogens is 202 g/mol. The summed E-state index contributed by atoms with van der Waals surface area (Å²) < 4.78 is 4.93. The van der Waals surface area contributed by atoms with Gasteiger partial charge in [0.25, 0.3) is 0 Å². The molecule has 0 bridgehead atoms. The zero-order valence-corrected chi connectivity index (χ0v) is 10.4. The molecule has 1 aromatic rings. The van der Waals surface area contributed by atoms with Crippen molar-refractivity contribution < 1.29 is 9.53 Å². The molecule has 3 heteroatoms. The van der Waals surface area contributed by atoms with Gasteiger partial charge in [0.15, 0.2) is 0 Å². The van der Waals surface area contributed by atoms with Gasteiger partial charge in [-0.25, -0.2) is 4.79 Å². The van der Waals surface area contributed by atoms with Gasteiger partial charge in [-0.2, -0.15) is 0 Å². The first kappa shape index (κ1) is 12.7. The van der Waals surface area contributed by atoms with Gasteiger partial charge in [-0.3, -0.25) is 0 Å². The molecule has 0 radical (unpaired) electrons. The Hall–Kier alpha value is -1.35. The van der Waals surface area contributed by atoms with Crippen LogP contribution < -0.4 is 0 Å². The molecule has 0 N–H and O–H groups in total. The highest BCUT2D eigenvalue weighted by molar-refractivity contribution is 5.89. The lowest BCUT2D eigenvalue weighted by Gasteiger charge is -2.20. The Morgan fingerprint density at radius 3 is 2.31 bits per heavy atom. The smallest absolute Gasteiger partial charge is 0.338 e. The highest BCUT2D eigenvalue weighted by Gasteiger charge is 2.10. The zero-order chi connectivity index (χ0) is 12.1. The standard InChI is InChI=1S/C13H19NO2/c1-5-16-13(15)12-8-6-11(7-9-12)10(2)14(3)4/h6-10H,5H2,1-4H3. The monoisotopic (exact) mass is 221 g/mol. The lowest BCUT2D eigenvalue weighted by molar-refractivity contribution is 0.0526. The summed E-state index contributed by atoms with van der Waals surface area (Å²) in [4.78, 5) is 13.6. The number of carbonyl (C=O) groups excluding carboxylic acids is 1. The van der Waals surface area contributed by atoms with Crippen LogP contribution in [0.5, 0.6) is 0 Å². The number of esters is 1. The first-order valence-electron chi connectivity index (χ1n) is 5.49. The molecule has 0 amide bonds. The number of benzene rings is 1. The van der Waals surface area contributed by atoms with Crippen LogP contribution in [0.2, 0.25) is 0 Å². The second kappa shape index (κ2) is 5.66. The maximum atomic E-state index is 11.4. The van der Waals surface area contributed by atoms with Crippen molar-refractivity contribution in [2.24, 2.45) is 0 Å². The van der Waals surface area contributed by atoms with E-state index in [0.717, 1.165) is 0 Å². The minimum Gasteiger partial charge on any atom is -0.462 e. The highest BCUT2D eigenvalue weighted by Crippen LogP contribution is 2.17. The Kier molecular flexibility index (Phi) is 4.50. The van der Waals surface area contributed by atoms with Crippen molar-refractivity contribution in [1.82, 2.24) is 4.90 Å². The van der Waals surface area contributed by atoms with Crippen LogP contribution in [0.4, 0.5) is 0 Å². The average molecular weight is 221 g/mol. The molecule has 0 aliphatic rings. The number of carbonyl (C=O) groups is 1. The van der Waals surface area contributed by atoms with Crippen molar-refractivity contribution in [3.8, 4) is 0 Å². The van der Waals surface area contributed by atoms with Crippen LogP contribution in [0, 0.1) is 0 Å². The number of nitrogens with zero attached hydrogens (tertiary/aromatic N) is 1. The SMILES string of the molecule is CCOC(=O)c1ccc(C(C)N(C)C)cc1. The minimum absolute atomic E-state index is 0.258. The van der Waals surface area contributed by atoms with Crippen molar-refractivity contribution in [1.29, 1.82) is 0 Å².